The first-order valence-corrected chi connectivity index (χ1v) is 9.48. The lowest BCUT2D eigenvalue weighted by atomic mass is 10.2. The number of hydrogen-bond donors (Lipinski definition) is 2. The predicted molar refractivity (Wildman–Crippen MR) is 89.5 cm³/mol. The Labute approximate surface area is 147 Å². The van der Waals surface area contributed by atoms with E-state index in [1.54, 1.807) is 0 Å². The Kier molecular flexibility index (Phi) is 5.71. The lowest BCUT2D eigenvalue weighted by molar-refractivity contribution is -0.137. The summed E-state index contributed by atoms with van der Waals surface area (Å²) in [5.41, 5.74) is 5.20. The van der Waals surface area contributed by atoms with E-state index >= 15 is 0 Å². The van der Waals surface area contributed by atoms with Crippen LogP contribution in [-0.2, 0) is 20.8 Å². The fraction of sp³-hybridized carbons (Fsp3) is 0.333. The smallest absolute Gasteiger partial charge is 0.322 e. The van der Waals surface area contributed by atoms with E-state index in [1.807, 2.05) is 0 Å². The molecule has 0 aliphatic rings. The molecule has 1 aromatic carbocycles. The van der Waals surface area contributed by atoms with Gasteiger partial charge in [-0.25, -0.2) is 13.1 Å². The maximum atomic E-state index is 12.8. The van der Waals surface area contributed by atoms with Crippen molar-refractivity contribution in [2.75, 3.05) is 17.3 Å². The molecular weight excluding hydrogens is 373 g/mol. The first kappa shape index (κ1) is 19.9. The zero-order valence-corrected chi connectivity index (χ0v) is 14.5. The summed E-state index contributed by atoms with van der Waals surface area (Å²) < 4.78 is 61.7. The molecule has 0 saturated carbocycles. The first-order chi connectivity index (χ1) is 12.0. The van der Waals surface area contributed by atoms with Crippen LogP contribution in [0.1, 0.15) is 12.0 Å². The van der Waals surface area contributed by atoms with Crippen LogP contribution >= 0.6 is 0 Å². The number of carbonyl (C=O) groups excluding carboxylic acids is 1. The average molecular weight is 390 g/mol. The van der Waals surface area contributed by atoms with Crippen molar-refractivity contribution in [1.29, 1.82) is 0 Å². The summed E-state index contributed by atoms with van der Waals surface area (Å²) in [6.07, 6.45) is -0.909. The molecule has 0 radical (unpaired) electrons. The highest BCUT2D eigenvalue weighted by Crippen LogP contribution is 2.30. The average Bonchev–Trinajstić information content (AvgIpc) is 2.99. The fourth-order valence-electron chi connectivity index (χ4n) is 2.06. The number of halogens is 3. The van der Waals surface area contributed by atoms with Crippen LogP contribution in [0.25, 0.3) is 5.69 Å². The van der Waals surface area contributed by atoms with Gasteiger partial charge in [0, 0.05) is 6.26 Å². The number of alkyl halides is 3. The highest BCUT2D eigenvalue weighted by molar-refractivity contribution is 7.90. The molecule has 1 heterocycles. The molecule has 1 amide bonds. The zero-order valence-electron chi connectivity index (χ0n) is 13.7. The van der Waals surface area contributed by atoms with Gasteiger partial charge in [-0.05, 0) is 24.6 Å². The molecule has 0 spiro atoms. The summed E-state index contributed by atoms with van der Waals surface area (Å²) in [7, 11) is -3.24. The number of benzene rings is 1. The van der Waals surface area contributed by atoms with Crippen molar-refractivity contribution in [2.24, 2.45) is 5.73 Å². The van der Waals surface area contributed by atoms with Gasteiger partial charge in [0.1, 0.15) is 9.84 Å². The summed E-state index contributed by atoms with van der Waals surface area (Å²) in [5, 5.41) is 6.35. The molecule has 0 fully saturated rings. The van der Waals surface area contributed by atoms with Crippen LogP contribution in [0.3, 0.4) is 0 Å². The number of sulfone groups is 1. The second kappa shape index (κ2) is 7.46. The van der Waals surface area contributed by atoms with Crippen LogP contribution in [0.4, 0.5) is 18.9 Å². The number of aromatic nitrogens is 2. The molecule has 3 N–H and O–H groups in total. The summed E-state index contributed by atoms with van der Waals surface area (Å²) in [4.78, 5) is 11.9. The van der Waals surface area contributed by atoms with Crippen molar-refractivity contribution in [3.63, 3.8) is 0 Å². The van der Waals surface area contributed by atoms with E-state index < -0.39 is 33.5 Å². The third-order valence-electron chi connectivity index (χ3n) is 3.42. The lowest BCUT2D eigenvalue weighted by Crippen LogP contribution is -2.37. The second-order valence-corrected chi connectivity index (χ2v) is 8.00. The molecule has 1 aromatic heterocycles. The predicted octanol–water partition coefficient (Wildman–Crippen LogP) is 1.59. The van der Waals surface area contributed by atoms with Gasteiger partial charge in [0.05, 0.1) is 41.1 Å². The molecule has 11 heteroatoms. The molecule has 0 aliphatic carbocycles. The number of anilines is 1. The third-order valence-corrected chi connectivity index (χ3v) is 4.40. The summed E-state index contributed by atoms with van der Waals surface area (Å²) in [6, 6.07) is 3.51. The Balaban J connectivity index is 2.07. The van der Waals surface area contributed by atoms with E-state index in [4.69, 9.17) is 5.73 Å². The van der Waals surface area contributed by atoms with Crippen molar-refractivity contribution in [2.45, 2.75) is 18.6 Å². The van der Waals surface area contributed by atoms with Gasteiger partial charge in [-0.3, -0.25) is 4.79 Å². The Bertz CT molecular complexity index is 894. The minimum atomic E-state index is -4.48. The van der Waals surface area contributed by atoms with Gasteiger partial charge in [-0.1, -0.05) is 6.07 Å². The number of nitrogens with one attached hydrogen (secondary N) is 1. The minimum Gasteiger partial charge on any atom is -0.322 e. The van der Waals surface area contributed by atoms with Crippen LogP contribution in [0, 0.1) is 0 Å². The lowest BCUT2D eigenvalue weighted by Gasteiger charge is -2.10. The van der Waals surface area contributed by atoms with Crippen LogP contribution in [-0.4, -0.2) is 42.2 Å². The highest BCUT2D eigenvalue weighted by atomic mass is 32.2. The second-order valence-electron chi connectivity index (χ2n) is 5.74. The zero-order chi connectivity index (χ0) is 19.5. The van der Waals surface area contributed by atoms with E-state index in [0.29, 0.717) is 0 Å². The van der Waals surface area contributed by atoms with Crippen molar-refractivity contribution in [1.82, 2.24) is 9.78 Å². The van der Waals surface area contributed by atoms with Crippen molar-refractivity contribution in [3.05, 3.63) is 42.2 Å². The standard InChI is InChI=1S/C15H17F3N4O3S/c1-26(24,25)6-5-13(19)14(23)21-11-8-20-22(9-11)12-4-2-3-10(7-12)15(16,17)18/h2-4,7-9,13H,5-6,19H2,1H3,(H,21,23). The number of hydrogen-bond acceptors (Lipinski definition) is 5. The van der Waals surface area contributed by atoms with Gasteiger partial charge in [0.2, 0.25) is 5.91 Å². The topological polar surface area (TPSA) is 107 Å². The van der Waals surface area contributed by atoms with E-state index in [9.17, 15) is 26.4 Å². The van der Waals surface area contributed by atoms with Crippen LogP contribution in [0.15, 0.2) is 36.7 Å². The number of amides is 1. The number of rotatable bonds is 6. The van der Waals surface area contributed by atoms with E-state index in [2.05, 4.69) is 10.4 Å². The molecule has 1 atom stereocenters. The van der Waals surface area contributed by atoms with Gasteiger partial charge in [-0.2, -0.15) is 18.3 Å². The van der Waals surface area contributed by atoms with E-state index in [1.165, 1.54) is 29.2 Å². The monoisotopic (exact) mass is 390 g/mol. The van der Waals surface area contributed by atoms with E-state index in [0.717, 1.165) is 18.4 Å². The van der Waals surface area contributed by atoms with Crippen molar-refractivity contribution >= 4 is 21.4 Å². The minimum absolute atomic E-state index is 0.0492. The Morgan fingerprint density at radius 1 is 1.38 bits per heavy atom. The summed E-state index contributed by atoms with van der Waals surface area (Å²) in [6.45, 7) is 0. The molecule has 2 aromatic rings. The Morgan fingerprint density at radius 2 is 2.08 bits per heavy atom. The Hall–Kier alpha value is -2.40. The van der Waals surface area contributed by atoms with Crippen molar-refractivity contribution < 1.29 is 26.4 Å². The van der Waals surface area contributed by atoms with Crippen LogP contribution in [0.2, 0.25) is 0 Å². The molecule has 0 saturated heterocycles. The quantitative estimate of drug-likeness (QED) is 0.779. The largest absolute Gasteiger partial charge is 0.416 e. The van der Waals surface area contributed by atoms with Gasteiger partial charge in [-0.15, -0.1) is 0 Å². The molecule has 2 rings (SSSR count). The van der Waals surface area contributed by atoms with E-state index in [-0.39, 0.29) is 23.5 Å². The molecule has 0 bridgehead atoms. The van der Waals surface area contributed by atoms with Crippen molar-refractivity contribution in [3.8, 4) is 5.69 Å². The SMILES string of the molecule is CS(=O)(=O)CCC(N)C(=O)Nc1cnn(-c2cccc(C(F)(F)F)c2)c1. The molecular formula is C15H17F3N4O3S. The molecule has 142 valence electrons. The molecule has 26 heavy (non-hydrogen) atoms. The molecule has 1 unspecified atom stereocenters. The number of carbonyl (C=O) groups is 1. The number of nitrogens with zero attached hydrogens (tertiary/aromatic N) is 2. The maximum absolute atomic E-state index is 12.8. The third kappa shape index (κ3) is 5.56. The molecule has 7 nitrogen and oxygen atoms in total. The van der Waals surface area contributed by atoms with Gasteiger partial charge in [0.15, 0.2) is 0 Å². The maximum Gasteiger partial charge on any atom is 0.416 e. The van der Waals surface area contributed by atoms with Crippen LogP contribution < -0.4 is 11.1 Å². The first-order valence-electron chi connectivity index (χ1n) is 7.42. The number of nitrogens with two attached hydrogens (primary N) is 1. The summed E-state index contributed by atoms with van der Waals surface area (Å²) >= 11 is 0. The molecule has 0 aliphatic heterocycles. The Morgan fingerprint density at radius 3 is 2.69 bits per heavy atom. The van der Waals surface area contributed by atoms with Gasteiger partial charge >= 0.3 is 6.18 Å². The van der Waals surface area contributed by atoms with Crippen LogP contribution in [0.5, 0.6) is 0 Å². The fourth-order valence-corrected chi connectivity index (χ4v) is 2.74. The normalized spacial score (nSPS) is 13.4. The summed E-state index contributed by atoms with van der Waals surface area (Å²) in [5.74, 6) is -0.845. The van der Waals surface area contributed by atoms with Gasteiger partial charge in [0.25, 0.3) is 0 Å². The highest BCUT2D eigenvalue weighted by Gasteiger charge is 2.30. The van der Waals surface area contributed by atoms with Gasteiger partial charge < -0.3 is 11.1 Å².